The molecule has 0 aliphatic carbocycles. The third-order valence-electron chi connectivity index (χ3n) is 1.58. The Kier molecular flexibility index (Phi) is 3.09. The molecule has 0 aliphatic heterocycles. The number of rotatable bonds is 3. The highest BCUT2D eigenvalue weighted by Crippen LogP contribution is 2.04. The van der Waals surface area contributed by atoms with Gasteiger partial charge in [0.15, 0.2) is 0 Å². The second-order valence-corrected chi connectivity index (χ2v) is 2.62. The summed E-state index contributed by atoms with van der Waals surface area (Å²) in [5.74, 6) is -0.111. The minimum absolute atomic E-state index is 0.111. The largest absolute Gasteiger partial charge is 0.399 e. The highest BCUT2D eigenvalue weighted by atomic mass is 16.1. The zero-order valence-corrected chi connectivity index (χ0v) is 7.29. The van der Waals surface area contributed by atoms with Crippen molar-refractivity contribution in [1.29, 1.82) is 0 Å². The first kappa shape index (κ1) is 9.32. The molecule has 13 heavy (non-hydrogen) atoms. The van der Waals surface area contributed by atoms with Crippen LogP contribution in [-0.2, 0) is 0 Å². The average molecular weight is 176 g/mol. The molecular weight excluding hydrogens is 164 g/mol. The number of amides is 1. The minimum Gasteiger partial charge on any atom is -0.399 e. The van der Waals surface area contributed by atoms with Crippen molar-refractivity contribution >= 4 is 11.6 Å². The molecule has 3 nitrogen and oxygen atoms in total. The predicted molar refractivity (Wildman–Crippen MR) is 53.4 cm³/mol. The SMILES string of the molecule is C=CCNC(=O)c1ccc(N)cc1. The number of nitrogens with two attached hydrogens (primary N) is 1. The van der Waals surface area contributed by atoms with Crippen LogP contribution < -0.4 is 11.1 Å². The molecule has 1 amide bonds. The summed E-state index contributed by atoms with van der Waals surface area (Å²) in [5.41, 5.74) is 6.74. The molecule has 1 aromatic carbocycles. The van der Waals surface area contributed by atoms with Crippen molar-refractivity contribution in [2.45, 2.75) is 0 Å². The molecule has 0 aliphatic rings. The van der Waals surface area contributed by atoms with E-state index in [-0.39, 0.29) is 5.91 Å². The van der Waals surface area contributed by atoms with Gasteiger partial charge in [0, 0.05) is 17.8 Å². The first-order chi connectivity index (χ1) is 6.24. The lowest BCUT2D eigenvalue weighted by Crippen LogP contribution is -2.22. The molecule has 0 saturated heterocycles. The summed E-state index contributed by atoms with van der Waals surface area (Å²) >= 11 is 0. The van der Waals surface area contributed by atoms with Crippen LogP contribution in [0.25, 0.3) is 0 Å². The molecule has 0 unspecified atom stereocenters. The topological polar surface area (TPSA) is 55.1 Å². The van der Waals surface area contributed by atoms with Gasteiger partial charge in [0.1, 0.15) is 0 Å². The molecule has 1 aromatic rings. The van der Waals surface area contributed by atoms with E-state index in [9.17, 15) is 4.79 Å². The van der Waals surface area contributed by atoms with E-state index in [4.69, 9.17) is 5.73 Å². The van der Waals surface area contributed by atoms with Gasteiger partial charge in [-0.2, -0.15) is 0 Å². The predicted octanol–water partition coefficient (Wildman–Crippen LogP) is 1.18. The van der Waals surface area contributed by atoms with E-state index in [1.807, 2.05) is 0 Å². The van der Waals surface area contributed by atoms with Gasteiger partial charge in [0.05, 0.1) is 0 Å². The highest BCUT2D eigenvalue weighted by Gasteiger charge is 2.01. The summed E-state index contributed by atoms with van der Waals surface area (Å²) in [7, 11) is 0. The third kappa shape index (κ3) is 2.63. The minimum atomic E-state index is -0.111. The van der Waals surface area contributed by atoms with E-state index in [1.165, 1.54) is 0 Å². The average Bonchev–Trinajstić information content (AvgIpc) is 2.15. The maximum Gasteiger partial charge on any atom is 0.251 e. The van der Waals surface area contributed by atoms with Crippen LogP contribution in [0.4, 0.5) is 5.69 Å². The van der Waals surface area contributed by atoms with E-state index in [1.54, 1.807) is 30.3 Å². The number of nitrogen functional groups attached to an aromatic ring is 1. The Morgan fingerprint density at radius 2 is 2.08 bits per heavy atom. The Balaban J connectivity index is 2.66. The summed E-state index contributed by atoms with van der Waals surface area (Å²) < 4.78 is 0. The van der Waals surface area contributed by atoms with Crippen molar-refractivity contribution in [3.05, 3.63) is 42.5 Å². The Hall–Kier alpha value is -1.77. The molecular formula is C10H12N2O. The number of carbonyl (C=O) groups is 1. The normalized spacial score (nSPS) is 9.23. The molecule has 0 bridgehead atoms. The Morgan fingerprint density at radius 3 is 2.62 bits per heavy atom. The van der Waals surface area contributed by atoms with Crippen molar-refractivity contribution in [3.63, 3.8) is 0 Å². The Bertz CT molecular complexity index is 303. The van der Waals surface area contributed by atoms with E-state index >= 15 is 0 Å². The summed E-state index contributed by atoms with van der Waals surface area (Å²) in [6, 6.07) is 6.77. The highest BCUT2D eigenvalue weighted by molar-refractivity contribution is 5.94. The molecule has 3 N–H and O–H groups in total. The van der Waals surface area contributed by atoms with Crippen LogP contribution in [-0.4, -0.2) is 12.5 Å². The molecule has 0 heterocycles. The molecule has 0 fully saturated rings. The quantitative estimate of drug-likeness (QED) is 0.536. The van der Waals surface area contributed by atoms with Gasteiger partial charge in [-0.05, 0) is 24.3 Å². The first-order valence-corrected chi connectivity index (χ1v) is 3.98. The maximum absolute atomic E-state index is 11.3. The van der Waals surface area contributed by atoms with Gasteiger partial charge in [0.2, 0.25) is 0 Å². The van der Waals surface area contributed by atoms with Crippen LogP contribution in [0.3, 0.4) is 0 Å². The van der Waals surface area contributed by atoms with Crippen LogP contribution in [0.2, 0.25) is 0 Å². The Labute approximate surface area is 77.3 Å². The van der Waals surface area contributed by atoms with Gasteiger partial charge in [-0.15, -0.1) is 6.58 Å². The zero-order chi connectivity index (χ0) is 9.68. The zero-order valence-electron chi connectivity index (χ0n) is 7.29. The third-order valence-corrected chi connectivity index (χ3v) is 1.58. The fourth-order valence-electron chi connectivity index (χ4n) is 0.901. The summed E-state index contributed by atoms with van der Waals surface area (Å²) in [4.78, 5) is 11.3. The maximum atomic E-state index is 11.3. The number of benzene rings is 1. The van der Waals surface area contributed by atoms with Gasteiger partial charge >= 0.3 is 0 Å². The number of nitrogens with one attached hydrogen (secondary N) is 1. The molecule has 68 valence electrons. The van der Waals surface area contributed by atoms with Crippen LogP contribution in [0, 0.1) is 0 Å². The lowest BCUT2D eigenvalue weighted by molar-refractivity contribution is 0.0958. The fraction of sp³-hybridized carbons (Fsp3) is 0.100. The van der Waals surface area contributed by atoms with E-state index in [0.29, 0.717) is 17.8 Å². The van der Waals surface area contributed by atoms with Gasteiger partial charge in [-0.1, -0.05) is 6.08 Å². The second kappa shape index (κ2) is 4.30. The van der Waals surface area contributed by atoms with E-state index < -0.39 is 0 Å². The Morgan fingerprint density at radius 1 is 1.46 bits per heavy atom. The number of hydrogen-bond acceptors (Lipinski definition) is 2. The lowest BCUT2D eigenvalue weighted by atomic mass is 10.2. The van der Waals surface area contributed by atoms with Crippen LogP contribution in [0.5, 0.6) is 0 Å². The van der Waals surface area contributed by atoms with Gasteiger partial charge in [-0.3, -0.25) is 4.79 Å². The van der Waals surface area contributed by atoms with Crippen molar-refractivity contribution in [2.75, 3.05) is 12.3 Å². The standard InChI is InChI=1S/C10H12N2O/c1-2-7-12-10(13)8-3-5-9(11)6-4-8/h2-6H,1,7,11H2,(H,12,13). The smallest absolute Gasteiger partial charge is 0.251 e. The molecule has 1 rings (SSSR count). The second-order valence-electron chi connectivity index (χ2n) is 2.62. The fourth-order valence-corrected chi connectivity index (χ4v) is 0.901. The molecule has 3 heteroatoms. The molecule has 0 radical (unpaired) electrons. The lowest BCUT2D eigenvalue weighted by Gasteiger charge is -2.01. The number of carbonyl (C=O) groups excluding carboxylic acids is 1. The van der Waals surface area contributed by atoms with Crippen LogP contribution in [0.1, 0.15) is 10.4 Å². The molecule has 0 spiro atoms. The van der Waals surface area contributed by atoms with E-state index in [2.05, 4.69) is 11.9 Å². The van der Waals surface area contributed by atoms with Crippen LogP contribution >= 0.6 is 0 Å². The number of anilines is 1. The molecule has 0 saturated carbocycles. The van der Waals surface area contributed by atoms with Crippen molar-refractivity contribution in [2.24, 2.45) is 0 Å². The number of hydrogen-bond donors (Lipinski definition) is 2. The van der Waals surface area contributed by atoms with Crippen molar-refractivity contribution < 1.29 is 4.79 Å². The monoisotopic (exact) mass is 176 g/mol. The van der Waals surface area contributed by atoms with Gasteiger partial charge < -0.3 is 11.1 Å². The van der Waals surface area contributed by atoms with Gasteiger partial charge in [-0.25, -0.2) is 0 Å². The van der Waals surface area contributed by atoms with Crippen molar-refractivity contribution in [3.8, 4) is 0 Å². The van der Waals surface area contributed by atoms with Crippen LogP contribution in [0.15, 0.2) is 36.9 Å². The van der Waals surface area contributed by atoms with Crippen molar-refractivity contribution in [1.82, 2.24) is 5.32 Å². The summed E-state index contributed by atoms with van der Waals surface area (Å²) in [5, 5.41) is 2.67. The summed E-state index contributed by atoms with van der Waals surface area (Å²) in [6.07, 6.45) is 1.63. The first-order valence-electron chi connectivity index (χ1n) is 3.98. The summed E-state index contributed by atoms with van der Waals surface area (Å²) in [6.45, 7) is 3.98. The molecule has 0 atom stereocenters. The van der Waals surface area contributed by atoms with Gasteiger partial charge in [0.25, 0.3) is 5.91 Å². The molecule has 0 aromatic heterocycles. The van der Waals surface area contributed by atoms with E-state index in [0.717, 1.165) is 0 Å².